The lowest BCUT2D eigenvalue weighted by Crippen LogP contribution is -2.54. The van der Waals surface area contributed by atoms with Crippen molar-refractivity contribution in [2.24, 2.45) is 0 Å². The number of hydrogen-bond acceptors (Lipinski definition) is 4. The molecule has 0 heterocycles. The molecule has 14 heavy (non-hydrogen) atoms. The Labute approximate surface area is 83.6 Å². The number of carbonyl (C=O) groups is 3. The van der Waals surface area contributed by atoms with Crippen molar-refractivity contribution in [3.8, 4) is 0 Å². The monoisotopic (exact) mass is 200 g/mol. The molecule has 0 bridgehead atoms. The van der Waals surface area contributed by atoms with Crippen LogP contribution in [0.15, 0.2) is 0 Å². The fourth-order valence-electron chi connectivity index (χ4n) is 1.35. The molecule has 0 N–H and O–H groups in total. The summed E-state index contributed by atoms with van der Waals surface area (Å²) < 4.78 is 5.17. The Morgan fingerprint density at radius 2 is 1.21 bits per heavy atom. The Balaban J connectivity index is 5.28. The van der Waals surface area contributed by atoms with Crippen molar-refractivity contribution >= 4 is 17.3 Å². The third-order valence-electron chi connectivity index (χ3n) is 1.90. The van der Waals surface area contributed by atoms with Crippen LogP contribution in [0, 0.1) is 0 Å². The summed E-state index contributed by atoms with van der Waals surface area (Å²) in [6, 6.07) is 0. The summed E-state index contributed by atoms with van der Waals surface area (Å²) in [4.78, 5) is 34.0. The van der Waals surface area contributed by atoms with E-state index >= 15 is 0 Å². The quantitative estimate of drug-likeness (QED) is 0.619. The van der Waals surface area contributed by atoms with Gasteiger partial charge in [0.1, 0.15) is 0 Å². The maximum Gasteiger partial charge on any atom is 0.242 e. The van der Waals surface area contributed by atoms with Gasteiger partial charge >= 0.3 is 0 Å². The minimum atomic E-state index is -1.89. The summed E-state index contributed by atoms with van der Waals surface area (Å²) >= 11 is 0. The summed E-state index contributed by atoms with van der Waals surface area (Å²) in [5, 5.41) is 0. The molecule has 0 unspecified atom stereocenters. The van der Waals surface area contributed by atoms with Gasteiger partial charge in [-0.1, -0.05) is 0 Å². The van der Waals surface area contributed by atoms with Crippen LogP contribution >= 0.6 is 0 Å². The van der Waals surface area contributed by atoms with Crippen molar-refractivity contribution in [2.75, 3.05) is 0 Å². The van der Waals surface area contributed by atoms with Crippen molar-refractivity contribution < 1.29 is 19.1 Å². The third kappa shape index (κ3) is 2.26. The molecule has 0 fully saturated rings. The van der Waals surface area contributed by atoms with Crippen LogP contribution in [0.25, 0.3) is 0 Å². The predicted octanol–water partition coefficient (Wildman–Crippen LogP) is 0.917. The molecule has 80 valence electrons. The Morgan fingerprint density at radius 1 is 0.929 bits per heavy atom. The molecule has 0 aromatic heterocycles. The molecule has 0 aliphatic carbocycles. The van der Waals surface area contributed by atoms with E-state index in [9.17, 15) is 14.4 Å². The first-order valence-corrected chi connectivity index (χ1v) is 4.46. The highest BCUT2D eigenvalue weighted by molar-refractivity contribution is 6.26. The van der Waals surface area contributed by atoms with Crippen LogP contribution < -0.4 is 0 Å². The van der Waals surface area contributed by atoms with Gasteiger partial charge in [0.2, 0.25) is 5.60 Å². The van der Waals surface area contributed by atoms with Gasteiger partial charge in [0.25, 0.3) is 0 Å². The van der Waals surface area contributed by atoms with E-state index in [1.54, 1.807) is 13.8 Å². The van der Waals surface area contributed by atoms with E-state index in [1.165, 1.54) is 20.8 Å². The Hall–Kier alpha value is -1.03. The number of Topliss-reactive ketones (excluding diaryl/α,β-unsaturated/α-hetero) is 3. The molecule has 0 spiro atoms. The topological polar surface area (TPSA) is 60.4 Å². The zero-order chi connectivity index (χ0) is 11.5. The molecule has 0 aromatic carbocycles. The highest BCUT2D eigenvalue weighted by Crippen LogP contribution is 2.18. The summed E-state index contributed by atoms with van der Waals surface area (Å²) in [7, 11) is 0. The highest BCUT2D eigenvalue weighted by Gasteiger charge is 2.47. The number of carbonyl (C=O) groups excluding carboxylic acids is 3. The van der Waals surface area contributed by atoms with Crippen molar-refractivity contribution in [3.05, 3.63) is 0 Å². The Morgan fingerprint density at radius 3 is 1.29 bits per heavy atom. The van der Waals surface area contributed by atoms with Gasteiger partial charge in [0.15, 0.2) is 17.3 Å². The molecule has 0 rings (SSSR count). The summed E-state index contributed by atoms with van der Waals surface area (Å²) in [6.07, 6.45) is -0.355. The lowest BCUT2D eigenvalue weighted by Gasteiger charge is -2.27. The molecule has 0 atom stereocenters. The van der Waals surface area contributed by atoms with Crippen LogP contribution in [0.4, 0.5) is 0 Å². The van der Waals surface area contributed by atoms with Crippen molar-refractivity contribution in [1.29, 1.82) is 0 Å². The second kappa shape index (κ2) is 4.46. The normalized spacial score (nSPS) is 11.6. The maximum absolute atomic E-state index is 11.3. The summed E-state index contributed by atoms with van der Waals surface area (Å²) in [5.74, 6) is -1.69. The van der Waals surface area contributed by atoms with E-state index in [2.05, 4.69) is 0 Å². The van der Waals surface area contributed by atoms with E-state index in [4.69, 9.17) is 4.74 Å². The van der Waals surface area contributed by atoms with Gasteiger partial charge in [-0.25, -0.2) is 0 Å². The zero-order valence-corrected chi connectivity index (χ0v) is 9.21. The molecule has 0 saturated carbocycles. The van der Waals surface area contributed by atoms with E-state index in [1.807, 2.05) is 0 Å². The highest BCUT2D eigenvalue weighted by atomic mass is 16.5. The predicted molar refractivity (Wildman–Crippen MR) is 51.0 cm³/mol. The van der Waals surface area contributed by atoms with E-state index in [0.717, 1.165) is 0 Å². The maximum atomic E-state index is 11.3. The minimum Gasteiger partial charge on any atom is -0.350 e. The molecular formula is C10H16O4. The Kier molecular flexibility index (Phi) is 4.13. The second-order valence-electron chi connectivity index (χ2n) is 3.52. The lowest BCUT2D eigenvalue weighted by molar-refractivity contribution is -0.167. The largest absolute Gasteiger partial charge is 0.350 e. The molecular weight excluding hydrogens is 184 g/mol. The molecule has 0 aromatic rings. The average Bonchev–Trinajstić information content (AvgIpc) is 1.97. The van der Waals surface area contributed by atoms with E-state index in [0.29, 0.717) is 0 Å². The van der Waals surface area contributed by atoms with Crippen LogP contribution in [-0.4, -0.2) is 29.1 Å². The van der Waals surface area contributed by atoms with Crippen molar-refractivity contribution in [3.63, 3.8) is 0 Å². The van der Waals surface area contributed by atoms with Crippen LogP contribution in [0.2, 0.25) is 0 Å². The first-order valence-electron chi connectivity index (χ1n) is 4.46. The van der Waals surface area contributed by atoms with E-state index < -0.39 is 23.0 Å². The zero-order valence-electron chi connectivity index (χ0n) is 9.21. The van der Waals surface area contributed by atoms with Crippen LogP contribution in [0.5, 0.6) is 0 Å². The standard InChI is InChI=1S/C10H16O4/c1-6(2)14-10(7(3)11,8(4)12)9(5)13/h6H,1-5H3. The molecule has 0 aliphatic rings. The number of ether oxygens (including phenoxy) is 1. The number of hydrogen-bond donors (Lipinski definition) is 0. The SMILES string of the molecule is CC(=O)C(OC(C)C)(C(C)=O)C(C)=O. The molecule has 0 amide bonds. The smallest absolute Gasteiger partial charge is 0.242 e. The van der Waals surface area contributed by atoms with Gasteiger partial charge in [0.05, 0.1) is 6.10 Å². The first-order chi connectivity index (χ1) is 6.25. The molecule has 4 nitrogen and oxygen atoms in total. The van der Waals surface area contributed by atoms with Crippen LogP contribution in [0.3, 0.4) is 0 Å². The van der Waals surface area contributed by atoms with Gasteiger partial charge in [0, 0.05) is 0 Å². The second-order valence-corrected chi connectivity index (χ2v) is 3.52. The molecule has 0 saturated heterocycles. The van der Waals surface area contributed by atoms with Gasteiger partial charge in [-0.15, -0.1) is 0 Å². The summed E-state index contributed by atoms with van der Waals surface area (Å²) in [6.45, 7) is 6.90. The summed E-state index contributed by atoms with van der Waals surface area (Å²) in [5.41, 5.74) is -1.89. The van der Waals surface area contributed by atoms with E-state index in [-0.39, 0.29) is 6.10 Å². The van der Waals surface area contributed by atoms with Gasteiger partial charge < -0.3 is 4.74 Å². The fraction of sp³-hybridized carbons (Fsp3) is 0.700. The fourth-order valence-corrected chi connectivity index (χ4v) is 1.35. The van der Waals surface area contributed by atoms with Gasteiger partial charge in [-0.2, -0.15) is 0 Å². The first kappa shape index (κ1) is 13.0. The van der Waals surface area contributed by atoms with Crippen molar-refractivity contribution in [1.82, 2.24) is 0 Å². The van der Waals surface area contributed by atoms with Crippen molar-refractivity contribution in [2.45, 2.75) is 46.3 Å². The van der Waals surface area contributed by atoms with Gasteiger partial charge in [-0.05, 0) is 34.6 Å². The minimum absolute atomic E-state index is 0.355. The number of rotatable bonds is 5. The number of ketones is 3. The van der Waals surface area contributed by atoms with Crippen LogP contribution in [-0.2, 0) is 19.1 Å². The Bertz CT molecular complexity index is 229. The average molecular weight is 200 g/mol. The molecule has 0 radical (unpaired) electrons. The van der Waals surface area contributed by atoms with Crippen LogP contribution in [0.1, 0.15) is 34.6 Å². The van der Waals surface area contributed by atoms with Gasteiger partial charge in [-0.3, -0.25) is 14.4 Å². The molecule has 4 heteroatoms. The lowest BCUT2D eigenvalue weighted by atomic mass is 9.90. The molecule has 0 aliphatic heterocycles. The third-order valence-corrected chi connectivity index (χ3v) is 1.90.